The van der Waals surface area contributed by atoms with E-state index in [1.165, 1.54) is 6.07 Å². The summed E-state index contributed by atoms with van der Waals surface area (Å²) in [4.78, 5) is 2.52. The summed E-state index contributed by atoms with van der Waals surface area (Å²) >= 11 is 10.8. The zero-order chi connectivity index (χ0) is 13.0. The van der Waals surface area contributed by atoms with E-state index in [0.29, 0.717) is 18.0 Å². The van der Waals surface area contributed by atoms with E-state index in [1.807, 2.05) is 24.9 Å². The van der Waals surface area contributed by atoms with E-state index in [0.717, 1.165) is 5.56 Å². The largest absolute Gasteiger partial charge is 0.393 e. The molecule has 0 aliphatic rings. The maximum absolute atomic E-state index is 13.2. The summed E-state index contributed by atoms with van der Waals surface area (Å²) in [6.07, 6.45) is 0.638. The molecule has 0 fully saturated rings. The van der Waals surface area contributed by atoms with E-state index < -0.39 is 0 Å². The van der Waals surface area contributed by atoms with E-state index in [4.69, 9.17) is 29.6 Å². The number of rotatable bonds is 5. The van der Waals surface area contributed by atoms with Crippen molar-refractivity contribution >= 4 is 28.8 Å². The van der Waals surface area contributed by atoms with Gasteiger partial charge in [0.15, 0.2) is 0 Å². The molecule has 0 radical (unpaired) electrons. The lowest BCUT2D eigenvalue weighted by Gasteiger charge is -2.24. The Kier molecular flexibility index (Phi) is 5.31. The minimum atomic E-state index is -0.389. The molecule has 0 saturated heterocycles. The Bertz CT molecular complexity index is 411. The molecule has 1 aromatic carbocycles. The van der Waals surface area contributed by atoms with Crippen molar-refractivity contribution in [2.75, 3.05) is 7.05 Å². The van der Waals surface area contributed by atoms with Gasteiger partial charge in [-0.1, -0.05) is 36.0 Å². The Morgan fingerprint density at radius 1 is 1.59 bits per heavy atom. The normalized spacial score (nSPS) is 12.8. The van der Waals surface area contributed by atoms with E-state index in [1.54, 1.807) is 6.07 Å². The molecule has 94 valence electrons. The fourth-order valence-corrected chi connectivity index (χ4v) is 1.97. The quantitative estimate of drug-likeness (QED) is 0.837. The number of halogens is 2. The highest BCUT2D eigenvalue weighted by molar-refractivity contribution is 7.80. The third kappa shape index (κ3) is 4.22. The third-order valence-electron chi connectivity index (χ3n) is 2.70. The maximum atomic E-state index is 13.2. The molecule has 0 bridgehead atoms. The lowest BCUT2D eigenvalue weighted by Crippen LogP contribution is -2.32. The van der Waals surface area contributed by atoms with Crippen molar-refractivity contribution in [3.05, 3.63) is 34.6 Å². The molecule has 2 nitrogen and oxygen atoms in total. The second-order valence-corrected chi connectivity index (χ2v) is 5.05. The Morgan fingerprint density at radius 2 is 2.24 bits per heavy atom. The van der Waals surface area contributed by atoms with Gasteiger partial charge in [-0.15, -0.1) is 0 Å². The molecule has 17 heavy (non-hydrogen) atoms. The molecule has 1 aromatic rings. The summed E-state index contributed by atoms with van der Waals surface area (Å²) in [5, 5.41) is 0.182. The van der Waals surface area contributed by atoms with Crippen LogP contribution in [0.5, 0.6) is 0 Å². The van der Waals surface area contributed by atoms with E-state index >= 15 is 0 Å². The van der Waals surface area contributed by atoms with Crippen molar-refractivity contribution in [2.45, 2.75) is 25.9 Å². The molecule has 0 spiro atoms. The molecule has 0 heterocycles. The molecule has 1 atom stereocenters. The van der Waals surface area contributed by atoms with Crippen LogP contribution in [0, 0.1) is 5.82 Å². The first kappa shape index (κ1) is 14.4. The SMILES string of the molecule is CC(CC(N)=S)N(C)Cc1cccc(F)c1Cl. The summed E-state index contributed by atoms with van der Waals surface area (Å²) in [6, 6.07) is 5.02. The Labute approximate surface area is 112 Å². The highest BCUT2D eigenvalue weighted by Gasteiger charge is 2.13. The highest BCUT2D eigenvalue weighted by Crippen LogP contribution is 2.21. The van der Waals surface area contributed by atoms with Crippen LogP contribution in [0.1, 0.15) is 18.9 Å². The van der Waals surface area contributed by atoms with Gasteiger partial charge in [-0.2, -0.15) is 0 Å². The topological polar surface area (TPSA) is 29.3 Å². The Morgan fingerprint density at radius 3 is 2.82 bits per heavy atom. The number of benzene rings is 1. The van der Waals surface area contributed by atoms with Crippen molar-refractivity contribution in [3.8, 4) is 0 Å². The van der Waals surface area contributed by atoms with Crippen LogP contribution in [0.2, 0.25) is 5.02 Å². The average molecular weight is 275 g/mol. The van der Waals surface area contributed by atoms with Gasteiger partial charge >= 0.3 is 0 Å². The fraction of sp³-hybridized carbons (Fsp3) is 0.417. The number of nitrogens with zero attached hydrogens (tertiary/aromatic N) is 1. The van der Waals surface area contributed by atoms with Crippen LogP contribution in [0.25, 0.3) is 0 Å². The average Bonchev–Trinajstić information content (AvgIpc) is 2.23. The van der Waals surface area contributed by atoms with Crippen molar-refractivity contribution < 1.29 is 4.39 Å². The minimum Gasteiger partial charge on any atom is -0.393 e. The Hall–Kier alpha value is -0.710. The molecule has 0 saturated carbocycles. The van der Waals surface area contributed by atoms with Gasteiger partial charge in [0.25, 0.3) is 0 Å². The number of nitrogens with two attached hydrogens (primary N) is 1. The second kappa shape index (κ2) is 6.28. The van der Waals surface area contributed by atoms with Gasteiger partial charge in [0.2, 0.25) is 0 Å². The molecule has 0 aliphatic heterocycles. The molecule has 0 aromatic heterocycles. The number of hydrogen-bond acceptors (Lipinski definition) is 2. The molecular weight excluding hydrogens is 259 g/mol. The molecule has 2 N–H and O–H groups in total. The van der Waals surface area contributed by atoms with Crippen LogP contribution >= 0.6 is 23.8 Å². The van der Waals surface area contributed by atoms with Gasteiger partial charge in [-0.05, 0) is 25.6 Å². The smallest absolute Gasteiger partial charge is 0.142 e. The van der Waals surface area contributed by atoms with Gasteiger partial charge < -0.3 is 5.73 Å². The zero-order valence-corrected chi connectivity index (χ0v) is 11.5. The first-order chi connectivity index (χ1) is 7.91. The van der Waals surface area contributed by atoms with Gasteiger partial charge in [-0.25, -0.2) is 4.39 Å². The van der Waals surface area contributed by atoms with Gasteiger partial charge in [-0.3, -0.25) is 4.90 Å². The zero-order valence-electron chi connectivity index (χ0n) is 9.91. The van der Waals surface area contributed by atoms with Gasteiger partial charge in [0.05, 0.1) is 10.0 Å². The number of hydrogen-bond donors (Lipinski definition) is 1. The fourth-order valence-electron chi connectivity index (χ4n) is 1.54. The van der Waals surface area contributed by atoms with Crippen molar-refractivity contribution in [2.24, 2.45) is 5.73 Å². The molecular formula is C12H16ClFN2S. The molecule has 0 amide bonds. The molecule has 0 aliphatic carbocycles. The third-order valence-corrected chi connectivity index (χ3v) is 3.29. The lowest BCUT2D eigenvalue weighted by atomic mass is 10.1. The number of thiocarbonyl (C=S) groups is 1. The summed E-state index contributed by atoms with van der Waals surface area (Å²) in [5.74, 6) is -0.389. The van der Waals surface area contributed by atoms with Crippen LogP contribution in [0.4, 0.5) is 4.39 Å². The molecule has 1 unspecified atom stereocenters. The van der Waals surface area contributed by atoms with Crippen molar-refractivity contribution in [1.29, 1.82) is 0 Å². The summed E-state index contributed by atoms with van der Waals surface area (Å²) in [5.41, 5.74) is 6.26. The van der Waals surface area contributed by atoms with Crippen LogP contribution in [0.15, 0.2) is 18.2 Å². The Balaban J connectivity index is 2.70. The van der Waals surface area contributed by atoms with Crippen molar-refractivity contribution in [1.82, 2.24) is 4.90 Å². The first-order valence-electron chi connectivity index (χ1n) is 5.33. The maximum Gasteiger partial charge on any atom is 0.142 e. The monoisotopic (exact) mass is 274 g/mol. The lowest BCUT2D eigenvalue weighted by molar-refractivity contribution is 0.255. The van der Waals surface area contributed by atoms with Crippen LogP contribution in [-0.4, -0.2) is 23.0 Å². The molecule has 1 rings (SSSR count). The first-order valence-corrected chi connectivity index (χ1v) is 6.12. The summed E-state index contributed by atoms with van der Waals surface area (Å²) in [6.45, 7) is 2.59. The second-order valence-electron chi connectivity index (χ2n) is 4.15. The van der Waals surface area contributed by atoms with Gasteiger partial charge in [0, 0.05) is 19.0 Å². The standard InChI is InChI=1S/C12H16ClFN2S/c1-8(6-11(15)17)16(2)7-9-4-3-5-10(14)12(9)13/h3-5,8H,6-7H2,1-2H3,(H2,15,17). The minimum absolute atomic E-state index is 0.182. The van der Waals surface area contributed by atoms with Crippen LogP contribution in [-0.2, 0) is 6.54 Å². The summed E-state index contributed by atoms with van der Waals surface area (Å²) < 4.78 is 13.2. The highest BCUT2D eigenvalue weighted by atomic mass is 35.5. The predicted molar refractivity (Wildman–Crippen MR) is 73.7 cm³/mol. The summed E-state index contributed by atoms with van der Waals surface area (Å²) in [7, 11) is 1.93. The molecule has 5 heteroatoms. The van der Waals surface area contributed by atoms with Crippen LogP contribution in [0.3, 0.4) is 0 Å². The van der Waals surface area contributed by atoms with E-state index in [9.17, 15) is 4.39 Å². The van der Waals surface area contributed by atoms with E-state index in [2.05, 4.69) is 0 Å². The van der Waals surface area contributed by atoms with E-state index in [-0.39, 0.29) is 16.9 Å². The predicted octanol–water partition coefficient (Wildman–Crippen LogP) is 2.98. The van der Waals surface area contributed by atoms with Crippen molar-refractivity contribution in [3.63, 3.8) is 0 Å². The van der Waals surface area contributed by atoms with Crippen LogP contribution < -0.4 is 5.73 Å². The van der Waals surface area contributed by atoms with Gasteiger partial charge in [0.1, 0.15) is 5.82 Å².